The number of esters is 1. The third-order valence-electron chi connectivity index (χ3n) is 3.60. The summed E-state index contributed by atoms with van der Waals surface area (Å²) in [5, 5.41) is 2.61. The lowest BCUT2D eigenvalue weighted by Gasteiger charge is -2.10. The largest absolute Gasteiger partial charge is 0.493 e. The molecule has 0 spiro atoms. The molecule has 0 aliphatic rings. The number of methoxy groups -OCH3 is 1. The van der Waals surface area contributed by atoms with Gasteiger partial charge >= 0.3 is 5.97 Å². The number of alkyl halides is 1. The SMILES string of the molecule is CCOC(=O)CCC(=O)n1cc2cc(OC)c(OCCCBr)cc2c1. The lowest BCUT2D eigenvalue weighted by atomic mass is 10.2. The van der Waals surface area contributed by atoms with Crippen LogP contribution in [0.2, 0.25) is 0 Å². The van der Waals surface area contributed by atoms with Gasteiger partial charge in [0, 0.05) is 34.9 Å². The van der Waals surface area contributed by atoms with E-state index >= 15 is 0 Å². The van der Waals surface area contributed by atoms with Crippen LogP contribution in [0, 0.1) is 0 Å². The summed E-state index contributed by atoms with van der Waals surface area (Å²) in [6, 6.07) is 3.70. The lowest BCUT2D eigenvalue weighted by Crippen LogP contribution is -2.12. The van der Waals surface area contributed by atoms with E-state index in [0.717, 1.165) is 22.5 Å². The maximum absolute atomic E-state index is 12.3. The maximum atomic E-state index is 12.3. The Kier molecular flexibility index (Phi) is 7.31. The molecule has 0 saturated carbocycles. The first kappa shape index (κ1) is 19.3. The molecule has 2 aromatic rings. The molecule has 0 aliphatic carbocycles. The van der Waals surface area contributed by atoms with Gasteiger partial charge in [-0.2, -0.15) is 0 Å². The molecule has 7 heteroatoms. The molecule has 136 valence electrons. The number of hydrogen-bond acceptors (Lipinski definition) is 5. The van der Waals surface area contributed by atoms with Crippen molar-refractivity contribution in [3.05, 3.63) is 24.5 Å². The highest BCUT2D eigenvalue weighted by Crippen LogP contribution is 2.33. The third-order valence-corrected chi connectivity index (χ3v) is 4.16. The fourth-order valence-electron chi connectivity index (χ4n) is 2.38. The van der Waals surface area contributed by atoms with Crippen molar-refractivity contribution in [3.63, 3.8) is 0 Å². The van der Waals surface area contributed by atoms with Crippen molar-refractivity contribution in [2.45, 2.75) is 26.2 Å². The molecular formula is C18H22BrNO5. The number of nitrogens with zero attached hydrogens (tertiary/aromatic N) is 1. The first-order chi connectivity index (χ1) is 12.1. The molecule has 0 fully saturated rings. The van der Waals surface area contributed by atoms with Gasteiger partial charge in [0.2, 0.25) is 5.91 Å². The Hall–Kier alpha value is -2.02. The molecular weight excluding hydrogens is 390 g/mol. The van der Waals surface area contributed by atoms with E-state index in [1.54, 1.807) is 26.4 Å². The van der Waals surface area contributed by atoms with Crippen molar-refractivity contribution < 1.29 is 23.8 Å². The summed E-state index contributed by atoms with van der Waals surface area (Å²) >= 11 is 3.37. The molecule has 6 nitrogen and oxygen atoms in total. The second-order valence-corrected chi connectivity index (χ2v) is 6.18. The molecule has 0 amide bonds. The zero-order valence-electron chi connectivity index (χ0n) is 14.4. The summed E-state index contributed by atoms with van der Waals surface area (Å²) in [4.78, 5) is 23.6. The van der Waals surface area contributed by atoms with Crippen LogP contribution in [-0.2, 0) is 9.53 Å². The van der Waals surface area contributed by atoms with Crippen LogP contribution in [0.15, 0.2) is 24.5 Å². The van der Waals surface area contributed by atoms with Crippen molar-refractivity contribution in [1.29, 1.82) is 0 Å². The number of aromatic nitrogens is 1. The molecule has 0 N–H and O–H groups in total. The van der Waals surface area contributed by atoms with Crippen molar-refractivity contribution in [2.24, 2.45) is 0 Å². The van der Waals surface area contributed by atoms with E-state index in [1.807, 2.05) is 12.1 Å². The van der Waals surface area contributed by atoms with Crippen LogP contribution in [0.3, 0.4) is 0 Å². The molecule has 0 atom stereocenters. The number of ether oxygens (including phenoxy) is 3. The number of benzene rings is 1. The highest BCUT2D eigenvalue weighted by atomic mass is 79.9. The summed E-state index contributed by atoms with van der Waals surface area (Å²) in [6.45, 7) is 2.63. The molecule has 0 unspecified atom stereocenters. The normalized spacial score (nSPS) is 10.7. The second kappa shape index (κ2) is 9.46. The standard InChI is InChI=1S/C18H22BrNO5/c1-3-24-18(22)6-5-17(21)20-11-13-9-15(23-2)16(10-14(13)12-20)25-8-4-7-19/h9-12H,3-8H2,1-2H3. The van der Waals surface area contributed by atoms with Crippen LogP contribution in [0.1, 0.15) is 31.0 Å². The monoisotopic (exact) mass is 411 g/mol. The van der Waals surface area contributed by atoms with Crippen LogP contribution in [0.25, 0.3) is 10.8 Å². The van der Waals surface area contributed by atoms with E-state index in [4.69, 9.17) is 14.2 Å². The van der Waals surface area contributed by atoms with Crippen molar-refractivity contribution >= 4 is 38.6 Å². The minimum absolute atomic E-state index is 0.0748. The van der Waals surface area contributed by atoms with Crippen LogP contribution >= 0.6 is 15.9 Å². The zero-order valence-corrected chi connectivity index (χ0v) is 16.0. The van der Waals surface area contributed by atoms with Gasteiger partial charge in [0.05, 0.1) is 26.7 Å². The summed E-state index contributed by atoms with van der Waals surface area (Å²) in [6.07, 6.45) is 4.53. The number of hydrogen-bond donors (Lipinski definition) is 0. The highest BCUT2D eigenvalue weighted by Gasteiger charge is 2.13. The Balaban J connectivity index is 2.14. The molecule has 0 radical (unpaired) electrons. The Labute approximate surface area is 155 Å². The van der Waals surface area contributed by atoms with E-state index in [9.17, 15) is 9.59 Å². The molecule has 1 heterocycles. The summed E-state index contributed by atoms with van der Waals surface area (Å²) in [5.74, 6) is 0.744. The van der Waals surface area contributed by atoms with Gasteiger partial charge in [-0.1, -0.05) is 15.9 Å². The highest BCUT2D eigenvalue weighted by molar-refractivity contribution is 9.09. The number of carbonyl (C=O) groups is 2. The molecule has 2 rings (SSSR count). The number of rotatable bonds is 9. The number of fused-ring (bicyclic) bond motifs is 1. The smallest absolute Gasteiger partial charge is 0.306 e. The van der Waals surface area contributed by atoms with Crippen molar-refractivity contribution in [2.75, 3.05) is 25.7 Å². The molecule has 25 heavy (non-hydrogen) atoms. The first-order valence-electron chi connectivity index (χ1n) is 8.16. The van der Waals surface area contributed by atoms with Gasteiger partial charge in [-0.15, -0.1) is 0 Å². The maximum Gasteiger partial charge on any atom is 0.306 e. The average Bonchev–Trinajstić information content (AvgIpc) is 3.02. The third kappa shape index (κ3) is 5.22. The van der Waals surface area contributed by atoms with E-state index in [2.05, 4.69) is 15.9 Å². The minimum atomic E-state index is -0.364. The van der Waals surface area contributed by atoms with Gasteiger partial charge in [-0.25, -0.2) is 0 Å². The predicted molar refractivity (Wildman–Crippen MR) is 98.9 cm³/mol. The number of carbonyl (C=O) groups excluding carboxylic acids is 2. The minimum Gasteiger partial charge on any atom is -0.493 e. The second-order valence-electron chi connectivity index (χ2n) is 5.39. The van der Waals surface area contributed by atoms with Gasteiger partial charge in [-0.05, 0) is 25.5 Å². The Morgan fingerprint density at radius 2 is 1.80 bits per heavy atom. The van der Waals surface area contributed by atoms with Crippen molar-refractivity contribution in [1.82, 2.24) is 4.57 Å². The first-order valence-corrected chi connectivity index (χ1v) is 9.28. The average molecular weight is 412 g/mol. The molecule has 0 bridgehead atoms. The molecule has 1 aromatic heterocycles. The Bertz CT molecular complexity index is 740. The topological polar surface area (TPSA) is 66.8 Å². The van der Waals surface area contributed by atoms with Crippen LogP contribution in [-0.4, -0.2) is 42.1 Å². The fraction of sp³-hybridized carbons (Fsp3) is 0.444. The van der Waals surface area contributed by atoms with E-state index in [0.29, 0.717) is 24.7 Å². The predicted octanol–water partition coefficient (Wildman–Crippen LogP) is 3.80. The molecule has 0 saturated heterocycles. The van der Waals surface area contributed by atoms with Crippen LogP contribution in [0.5, 0.6) is 11.5 Å². The summed E-state index contributed by atoms with van der Waals surface area (Å²) in [5.41, 5.74) is 0. The fourth-order valence-corrected chi connectivity index (χ4v) is 2.61. The summed E-state index contributed by atoms with van der Waals surface area (Å²) in [7, 11) is 1.58. The van der Waals surface area contributed by atoms with E-state index in [1.165, 1.54) is 4.57 Å². The quantitative estimate of drug-likeness (QED) is 0.356. The summed E-state index contributed by atoms with van der Waals surface area (Å²) < 4.78 is 17.4. The molecule has 0 aliphatic heterocycles. The van der Waals surface area contributed by atoms with E-state index < -0.39 is 0 Å². The van der Waals surface area contributed by atoms with E-state index in [-0.39, 0.29) is 24.7 Å². The van der Waals surface area contributed by atoms with Crippen molar-refractivity contribution in [3.8, 4) is 11.5 Å². The lowest BCUT2D eigenvalue weighted by molar-refractivity contribution is -0.143. The zero-order chi connectivity index (χ0) is 18.2. The van der Waals surface area contributed by atoms with Gasteiger partial charge in [0.25, 0.3) is 0 Å². The van der Waals surface area contributed by atoms with Crippen LogP contribution in [0.4, 0.5) is 0 Å². The Morgan fingerprint density at radius 1 is 1.12 bits per heavy atom. The van der Waals surface area contributed by atoms with Crippen LogP contribution < -0.4 is 9.47 Å². The Morgan fingerprint density at radius 3 is 2.40 bits per heavy atom. The van der Waals surface area contributed by atoms with Gasteiger partial charge in [-0.3, -0.25) is 14.2 Å². The van der Waals surface area contributed by atoms with Gasteiger partial charge in [0.15, 0.2) is 11.5 Å². The number of halogens is 1. The van der Waals surface area contributed by atoms with Gasteiger partial charge < -0.3 is 14.2 Å². The molecule has 1 aromatic carbocycles. The van der Waals surface area contributed by atoms with Gasteiger partial charge in [0.1, 0.15) is 0 Å².